The maximum Gasteiger partial charge on any atom is 0.326 e. The van der Waals surface area contributed by atoms with E-state index in [0.717, 1.165) is 11.3 Å². The predicted molar refractivity (Wildman–Crippen MR) is 188 cm³/mol. The number of aromatic amines is 1. The second-order valence-corrected chi connectivity index (χ2v) is 12.8. The number of urea groups is 1. The van der Waals surface area contributed by atoms with Gasteiger partial charge in [-0.1, -0.05) is 12.8 Å². The zero-order valence-corrected chi connectivity index (χ0v) is 30.1. The highest BCUT2D eigenvalue weighted by Gasteiger charge is 2.25. The molecule has 3 unspecified atom stereocenters. The molecule has 3 atom stereocenters. The Morgan fingerprint density at radius 2 is 1.19 bits per heavy atom. The molecule has 0 aromatic carbocycles. The van der Waals surface area contributed by atoms with E-state index in [1.807, 2.05) is 11.9 Å². The van der Waals surface area contributed by atoms with Crippen LogP contribution in [0.1, 0.15) is 101 Å². The number of H-pyrrole nitrogens is 1. The summed E-state index contributed by atoms with van der Waals surface area (Å²) in [6, 6.07) is -3.14. The van der Waals surface area contributed by atoms with Gasteiger partial charge in [0, 0.05) is 44.2 Å². The maximum absolute atomic E-state index is 12.4. The van der Waals surface area contributed by atoms with E-state index in [2.05, 4.69) is 26.3 Å². The van der Waals surface area contributed by atoms with Crippen LogP contribution in [0.2, 0.25) is 0 Å². The lowest BCUT2D eigenvalue weighted by molar-refractivity contribution is -0.142. The largest absolute Gasteiger partial charge is 0.481 e. The number of amides is 4. The zero-order chi connectivity index (χ0) is 39.8. The minimum absolute atomic E-state index is 0.0123. The number of hydrogen-bond donors (Lipinski definition) is 10. The summed E-state index contributed by atoms with van der Waals surface area (Å²) in [7, 11) is 1.89. The number of rotatable bonds is 30. The minimum atomic E-state index is -1.50. The van der Waals surface area contributed by atoms with Crippen LogP contribution in [0.5, 0.6) is 0 Å². The summed E-state index contributed by atoms with van der Waals surface area (Å²) in [6.45, 7) is 1.47. The number of carbonyl (C=O) groups is 8. The third kappa shape index (κ3) is 21.7. The molecular formula is C34H54N6O13. The second-order valence-electron chi connectivity index (χ2n) is 12.8. The highest BCUT2D eigenvalue weighted by Crippen LogP contribution is 2.12. The van der Waals surface area contributed by atoms with Gasteiger partial charge >= 0.3 is 35.9 Å². The highest BCUT2D eigenvalue weighted by molar-refractivity contribution is 5.86. The third-order valence-corrected chi connectivity index (χ3v) is 8.27. The number of nitrogens with one attached hydrogen (secondary N) is 5. The lowest BCUT2D eigenvalue weighted by Crippen LogP contribution is -2.51. The van der Waals surface area contributed by atoms with Gasteiger partial charge in [0.15, 0.2) is 0 Å². The van der Waals surface area contributed by atoms with Crippen LogP contribution in [0.3, 0.4) is 0 Å². The van der Waals surface area contributed by atoms with Gasteiger partial charge in [0.25, 0.3) is 0 Å². The number of carboxylic acid groups (broad SMARTS) is 5. The van der Waals surface area contributed by atoms with Crippen molar-refractivity contribution in [3.05, 3.63) is 23.5 Å². The van der Waals surface area contributed by atoms with Gasteiger partial charge in [-0.2, -0.15) is 0 Å². The van der Waals surface area contributed by atoms with Gasteiger partial charge in [0.1, 0.15) is 18.1 Å². The van der Waals surface area contributed by atoms with E-state index in [1.54, 1.807) is 12.3 Å². The summed E-state index contributed by atoms with van der Waals surface area (Å²) in [4.78, 5) is 97.7. The van der Waals surface area contributed by atoms with Crippen LogP contribution in [-0.2, 0) is 46.5 Å². The summed E-state index contributed by atoms with van der Waals surface area (Å²) in [5, 5.41) is 55.3. The SMILES string of the molecule is CN(CCCCC(NC(=O)CCCCCCC(=O)NCCCCC(NC(=O)NC(CCC(=O)O)C(=O)O)C(=O)O)C(=O)O)Cc1[nH]ccc1CC(=O)O. The van der Waals surface area contributed by atoms with Crippen LogP contribution < -0.4 is 21.3 Å². The molecule has 298 valence electrons. The van der Waals surface area contributed by atoms with Crippen LogP contribution in [0.15, 0.2) is 12.3 Å². The molecule has 1 rings (SSSR count). The van der Waals surface area contributed by atoms with Crippen molar-refractivity contribution in [3.8, 4) is 0 Å². The molecule has 1 aromatic rings. The Morgan fingerprint density at radius 3 is 1.75 bits per heavy atom. The van der Waals surface area contributed by atoms with Crippen molar-refractivity contribution >= 4 is 47.7 Å². The summed E-state index contributed by atoms with van der Waals surface area (Å²) in [5.41, 5.74) is 1.54. The Bertz CT molecular complexity index is 1370. The maximum atomic E-state index is 12.4. The summed E-state index contributed by atoms with van der Waals surface area (Å²) in [6.07, 6.45) is 5.94. The molecule has 10 N–H and O–H groups in total. The second kappa shape index (κ2) is 25.7. The Balaban J connectivity index is 2.19. The quantitative estimate of drug-likeness (QED) is 0.0498. The Kier molecular flexibility index (Phi) is 22.2. The summed E-state index contributed by atoms with van der Waals surface area (Å²) in [5.74, 6) is -6.60. The van der Waals surface area contributed by atoms with Crippen molar-refractivity contribution in [3.63, 3.8) is 0 Å². The fraction of sp³-hybridized carbons (Fsp3) is 0.647. The Labute approximate surface area is 307 Å². The molecule has 0 aliphatic carbocycles. The first kappa shape index (κ1) is 45.8. The number of unbranched alkanes of at least 4 members (excludes halogenated alkanes) is 5. The molecule has 4 amide bonds. The van der Waals surface area contributed by atoms with Gasteiger partial charge in [-0.05, 0) is 83.0 Å². The normalized spacial score (nSPS) is 12.6. The molecule has 19 heteroatoms. The number of carboxylic acids is 5. The molecular weight excluding hydrogens is 700 g/mol. The van der Waals surface area contributed by atoms with Crippen molar-refractivity contribution in [2.45, 2.75) is 121 Å². The van der Waals surface area contributed by atoms with Gasteiger partial charge in [-0.25, -0.2) is 19.2 Å². The first-order valence-electron chi connectivity index (χ1n) is 17.7. The molecule has 0 aliphatic rings. The van der Waals surface area contributed by atoms with Crippen molar-refractivity contribution in [2.75, 3.05) is 20.1 Å². The molecule has 1 aromatic heterocycles. The molecule has 0 saturated heterocycles. The van der Waals surface area contributed by atoms with Gasteiger partial charge in [0.05, 0.1) is 6.42 Å². The van der Waals surface area contributed by atoms with Crippen LogP contribution in [0.25, 0.3) is 0 Å². The molecule has 0 radical (unpaired) electrons. The van der Waals surface area contributed by atoms with E-state index in [-0.39, 0.29) is 56.9 Å². The summed E-state index contributed by atoms with van der Waals surface area (Å²) >= 11 is 0. The number of aromatic nitrogens is 1. The lowest BCUT2D eigenvalue weighted by atomic mass is 10.1. The molecule has 0 bridgehead atoms. The van der Waals surface area contributed by atoms with E-state index >= 15 is 0 Å². The number of nitrogens with zero attached hydrogens (tertiary/aromatic N) is 1. The van der Waals surface area contributed by atoms with Crippen molar-refractivity contribution in [1.82, 2.24) is 31.2 Å². The average Bonchev–Trinajstić information content (AvgIpc) is 3.49. The average molecular weight is 755 g/mol. The van der Waals surface area contributed by atoms with E-state index in [0.29, 0.717) is 64.5 Å². The van der Waals surface area contributed by atoms with Crippen LogP contribution in [-0.4, -0.2) is 121 Å². The van der Waals surface area contributed by atoms with Crippen molar-refractivity contribution in [2.24, 2.45) is 0 Å². The number of carbonyl (C=O) groups excluding carboxylic acids is 3. The monoisotopic (exact) mass is 754 g/mol. The fourth-order valence-electron chi connectivity index (χ4n) is 5.37. The first-order valence-corrected chi connectivity index (χ1v) is 17.7. The number of aliphatic carboxylic acids is 5. The smallest absolute Gasteiger partial charge is 0.326 e. The molecule has 0 aliphatic heterocycles. The van der Waals surface area contributed by atoms with Crippen LogP contribution in [0.4, 0.5) is 4.79 Å². The van der Waals surface area contributed by atoms with E-state index in [1.165, 1.54) is 0 Å². The van der Waals surface area contributed by atoms with Crippen molar-refractivity contribution in [1.29, 1.82) is 0 Å². The summed E-state index contributed by atoms with van der Waals surface area (Å²) < 4.78 is 0. The molecule has 53 heavy (non-hydrogen) atoms. The Hall–Kier alpha value is -5.20. The van der Waals surface area contributed by atoms with E-state index in [4.69, 9.17) is 15.3 Å². The molecule has 0 spiro atoms. The van der Waals surface area contributed by atoms with Gasteiger partial charge in [-0.3, -0.25) is 19.2 Å². The predicted octanol–water partition coefficient (Wildman–Crippen LogP) is 1.51. The molecule has 1 heterocycles. The standard InChI is InChI=1S/C34H54N6O13/c1-40(21-26-22(16-18-35-26)20-30(45)46)19-9-7-11-23(31(47)48)37-28(42)13-5-3-2-4-12-27(41)36-17-8-6-10-24(32(49)50)38-34(53)39-25(33(51)52)14-15-29(43)44/h16,18,23-25,35H,2-15,17,19-21H2,1H3,(H,36,41)(H,37,42)(H,43,44)(H,45,46)(H,47,48)(H,49,50)(H,51,52)(H2,38,39,53). The van der Waals surface area contributed by atoms with E-state index < -0.39 is 60.4 Å². The third-order valence-electron chi connectivity index (χ3n) is 8.27. The number of hydrogen-bond acceptors (Lipinski definition) is 9. The zero-order valence-electron chi connectivity index (χ0n) is 30.1. The van der Waals surface area contributed by atoms with Gasteiger partial charge in [0.2, 0.25) is 11.8 Å². The molecule has 19 nitrogen and oxygen atoms in total. The first-order chi connectivity index (χ1) is 25.1. The fourth-order valence-corrected chi connectivity index (χ4v) is 5.37. The lowest BCUT2D eigenvalue weighted by Gasteiger charge is -2.18. The van der Waals surface area contributed by atoms with Gasteiger partial charge in [-0.15, -0.1) is 0 Å². The van der Waals surface area contributed by atoms with Crippen LogP contribution >= 0.6 is 0 Å². The van der Waals surface area contributed by atoms with Crippen molar-refractivity contribution < 1.29 is 63.9 Å². The minimum Gasteiger partial charge on any atom is -0.481 e. The molecule has 0 saturated carbocycles. The molecule has 0 fully saturated rings. The van der Waals surface area contributed by atoms with Crippen LogP contribution in [0, 0.1) is 0 Å². The highest BCUT2D eigenvalue weighted by atomic mass is 16.4. The topological polar surface area (TPSA) is 305 Å². The van der Waals surface area contributed by atoms with Gasteiger partial charge < -0.3 is 56.7 Å². The Morgan fingerprint density at radius 1 is 0.642 bits per heavy atom. The van der Waals surface area contributed by atoms with E-state index in [9.17, 15) is 48.6 Å².